The molecule has 0 spiro atoms. The van der Waals surface area contributed by atoms with Crippen molar-refractivity contribution in [3.05, 3.63) is 53.3 Å². The lowest BCUT2D eigenvalue weighted by Crippen LogP contribution is -2.47. The average molecular weight is 398 g/mol. The number of aliphatic hydroxyl groups is 1. The third-order valence-electron chi connectivity index (χ3n) is 5.77. The Morgan fingerprint density at radius 3 is 2.76 bits per heavy atom. The zero-order valence-electron chi connectivity index (χ0n) is 16.6. The maximum absolute atomic E-state index is 14.1. The summed E-state index contributed by atoms with van der Waals surface area (Å²) in [5.74, 6) is -0.430. The van der Waals surface area contributed by atoms with Crippen LogP contribution >= 0.6 is 0 Å². The largest absolute Gasteiger partial charge is 0.395 e. The van der Waals surface area contributed by atoms with Gasteiger partial charge in [0.2, 0.25) is 5.91 Å². The summed E-state index contributed by atoms with van der Waals surface area (Å²) >= 11 is 0. The SMILES string of the molecule is Cc1ccc(F)c2c1NC(C(=O)Nc1cccc(N3CCN(CCO)CC3)c1)C2. The number of piperazine rings is 1. The molecular formula is C22H27FN4O2. The lowest BCUT2D eigenvalue weighted by atomic mass is 10.1. The molecule has 0 aromatic heterocycles. The predicted molar refractivity (Wildman–Crippen MR) is 113 cm³/mol. The van der Waals surface area contributed by atoms with Crippen molar-refractivity contribution in [2.75, 3.05) is 54.9 Å². The summed E-state index contributed by atoms with van der Waals surface area (Å²) in [6.45, 7) is 6.39. The van der Waals surface area contributed by atoms with Gasteiger partial charge in [0.25, 0.3) is 0 Å². The van der Waals surface area contributed by atoms with Crippen LogP contribution in [0.5, 0.6) is 0 Å². The van der Waals surface area contributed by atoms with Gasteiger partial charge in [-0.2, -0.15) is 0 Å². The van der Waals surface area contributed by atoms with Crippen molar-refractivity contribution >= 4 is 23.0 Å². The number of halogens is 1. The molecule has 2 aromatic rings. The van der Waals surface area contributed by atoms with Crippen molar-refractivity contribution in [2.45, 2.75) is 19.4 Å². The Kier molecular flexibility index (Phi) is 5.69. The standard InChI is InChI=1S/C22H27FN4O2/c1-15-5-6-19(23)18-14-20(25-21(15)18)22(29)24-16-3-2-4-17(13-16)27-9-7-26(8-10-27)11-12-28/h2-6,13,20,25,28H,7-12,14H2,1H3,(H,24,29). The molecule has 3 N–H and O–H groups in total. The number of hydrogen-bond acceptors (Lipinski definition) is 5. The van der Waals surface area contributed by atoms with Crippen LogP contribution in [0.3, 0.4) is 0 Å². The van der Waals surface area contributed by atoms with Crippen LogP contribution in [-0.4, -0.2) is 61.3 Å². The number of carbonyl (C=O) groups is 1. The van der Waals surface area contributed by atoms with Crippen LogP contribution < -0.4 is 15.5 Å². The summed E-state index contributed by atoms with van der Waals surface area (Å²) in [7, 11) is 0. The molecule has 2 heterocycles. The predicted octanol–water partition coefficient (Wildman–Crippen LogP) is 2.22. The maximum atomic E-state index is 14.1. The van der Waals surface area contributed by atoms with Gasteiger partial charge in [-0.3, -0.25) is 9.69 Å². The number of amides is 1. The number of fused-ring (bicyclic) bond motifs is 1. The first-order chi connectivity index (χ1) is 14.0. The van der Waals surface area contributed by atoms with Gasteiger partial charge in [-0.15, -0.1) is 0 Å². The van der Waals surface area contributed by atoms with Crippen molar-refractivity contribution in [2.24, 2.45) is 0 Å². The number of nitrogens with one attached hydrogen (secondary N) is 2. The smallest absolute Gasteiger partial charge is 0.247 e. The van der Waals surface area contributed by atoms with Gasteiger partial charge < -0.3 is 20.6 Å². The molecule has 0 radical (unpaired) electrons. The van der Waals surface area contributed by atoms with Crippen LogP contribution in [0.2, 0.25) is 0 Å². The van der Waals surface area contributed by atoms with Gasteiger partial charge in [0.1, 0.15) is 11.9 Å². The molecule has 4 rings (SSSR count). The number of rotatable bonds is 5. The number of carbonyl (C=O) groups excluding carboxylic acids is 1. The van der Waals surface area contributed by atoms with E-state index in [4.69, 9.17) is 5.11 Å². The molecule has 1 fully saturated rings. The molecule has 1 atom stereocenters. The highest BCUT2D eigenvalue weighted by molar-refractivity contribution is 5.98. The van der Waals surface area contributed by atoms with Crippen LogP contribution in [-0.2, 0) is 11.2 Å². The van der Waals surface area contributed by atoms with Gasteiger partial charge >= 0.3 is 0 Å². The van der Waals surface area contributed by atoms with Gasteiger partial charge in [-0.25, -0.2) is 4.39 Å². The summed E-state index contributed by atoms with van der Waals surface area (Å²) in [5.41, 5.74) is 4.06. The molecule has 2 aromatic carbocycles. The Hall–Kier alpha value is -2.64. The number of benzene rings is 2. The summed E-state index contributed by atoms with van der Waals surface area (Å²) in [6, 6.07) is 10.5. The Labute approximate surface area is 170 Å². The summed E-state index contributed by atoms with van der Waals surface area (Å²) < 4.78 is 14.1. The first kappa shape index (κ1) is 19.7. The van der Waals surface area contributed by atoms with E-state index in [9.17, 15) is 9.18 Å². The molecule has 7 heteroatoms. The summed E-state index contributed by atoms with van der Waals surface area (Å²) in [5, 5.41) is 15.2. The number of nitrogens with zero attached hydrogens (tertiary/aromatic N) is 2. The highest BCUT2D eigenvalue weighted by Gasteiger charge is 2.30. The quantitative estimate of drug-likeness (QED) is 0.721. The Morgan fingerprint density at radius 2 is 2.03 bits per heavy atom. The van der Waals surface area contributed by atoms with Crippen LogP contribution in [0.1, 0.15) is 11.1 Å². The zero-order chi connectivity index (χ0) is 20.4. The first-order valence-corrected chi connectivity index (χ1v) is 10.1. The van der Waals surface area contributed by atoms with Crippen LogP contribution in [0.15, 0.2) is 36.4 Å². The molecule has 1 saturated heterocycles. The van der Waals surface area contributed by atoms with Gasteiger partial charge in [-0.1, -0.05) is 12.1 Å². The van der Waals surface area contributed by atoms with Crippen molar-refractivity contribution in [3.8, 4) is 0 Å². The minimum atomic E-state index is -0.480. The Bertz CT molecular complexity index is 865. The third-order valence-corrected chi connectivity index (χ3v) is 5.77. The Balaban J connectivity index is 1.39. The van der Waals surface area contributed by atoms with E-state index >= 15 is 0 Å². The van der Waals surface area contributed by atoms with Crippen molar-refractivity contribution in [1.29, 1.82) is 0 Å². The van der Waals surface area contributed by atoms with E-state index in [0.29, 0.717) is 18.5 Å². The van der Waals surface area contributed by atoms with Gasteiger partial charge in [0.05, 0.1) is 6.61 Å². The first-order valence-electron chi connectivity index (χ1n) is 10.1. The van der Waals surface area contributed by atoms with Gasteiger partial charge in [0, 0.05) is 61.8 Å². The minimum Gasteiger partial charge on any atom is -0.395 e. The average Bonchev–Trinajstić information content (AvgIpc) is 3.19. The van der Waals surface area contributed by atoms with Crippen molar-refractivity contribution in [1.82, 2.24) is 4.90 Å². The molecule has 29 heavy (non-hydrogen) atoms. The normalized spacial score (nSPS) is 19.0. The minimum absolute atomic E-state index is 0.162. The number of aliphatic hydroxyl groups excluding tert-OH is 1. The second-order valence-corrected chi connectivity index (χ2v) is 7.71. The fourth-order valence-electron chi connectivity index (χ4n) is 4.11. The lowest BCUT2D eigenvalue weighted by molar-refractivity contribution is -0.116. The number of β-amino-alcohol motifs (C(OH)–C–C–N with tert-alkyl or cyclic N) is 1. The highest BCUT2D eigenvalue weighted by Crippen LogP contribution is 2.32. The molecular weight excluding hydrogens is 371 g/mol. The highest BCUT2D eigenvalue weighted by atomic mass is 19.1. The van der Waals surface area contributed by atoms with Crippen molar-refractivity contribution in [3.63, 3.8) is 0 Å². The summed E-state index contributed by atoms with van der Waals surface area (Å²) in [4.78, 5) is 17.3. The van der Waals surface area contributed by atoms with Crippen LogP contribution in [0, 0.1) is 12.7 Å². The van der Waals surface area contributed by atoms with E-state index in [1.165, 1.54) is 6.07 Å². The van der Waals surface area contributed by atoms with Gasteiger partial charge in [-0.05, 0) is 36.8 Å². The molecule has 154 valence electrons. The zero-order valence-corrected chi connectivity index (χ0v) is 16.6. The second kappa shape index (κ2) is 8.39. The third kappa shape index (κ3) is 4.21. The van der Waals surface area contributed by atoms with Crippen LogP contribution in [0.25, 0.3) is 0 Å². The fraction of sp³-hybridized carbons (Fsp3) is 0.409. The molecule has 1 unspecified atom stereocenters. The molecule has 0 aliphatic carbocycles. The van der Waals surface area contributed by atoms with Crippen LogP contribution in [0.4, 0.5) is 21.5 Å². The molecule has 0 bridgehead atoms. The topological polar surface area (TPSA) is 67.8 Å². The lowest BCUT2D eigenvalue weighted by Gasteiger charge is -2.36. The molecule has 6 nitrogen and oxygen atoms in total. The molecule has 0 saturated carbocycles. The van der Waals surface area contributed by atoms with Crippen molar-refractivity contribution < 1.29 is 14.3 Å². The fourth-order valence-corrected chi connectivity index (χ4v) is 4.11. The number of aryl methyl sites for hydroxylation is 1. The second-order valence-electron chi connectivity index (χ2n) is 7.71. The van der Waals surface area contributed by atoms with E-state index in [0.717, 1.165) is 48.8 Å². The Morgan fingerprint density at radius 1 is 1.24 bits per heavy atom. The molecule has 2 aliphatic rings. The van der Waals surface area contributed by atoms with E-state index in [2.05, 4.69) is 20.4 Å². The monoisotopic (exact) mass is 398 g/mol. The van der Waals surface area contributed by atoms with E-state index in [1.54, 1.807) is 6.07 Å². The van der Waals surface area contributed by atoms with E-state index < -0.39 is 6.04 Å². The van der Waals surface area contributed by atoms with E-state index in [-0.39, 0.29) is 18.3 Å². The summed E-state index contributed by atoms with van der Waals surface area (Å²) in [6.07, 6.45) is 0.348. The maximum Gasteiger partial charge on any atom is 0.247 e. The molecule has 2 aliphatic heterocycles. The number of anilines is 3. The number of hydrogen-bond donors (Lipinski definition) is 3. The van der Waals surface area contributed by atoms with Gasteiger partial charge in [0.15, 0.2) is 0 Å². The van der Waals surface area contributed by atoms with E-state index in [1.807, 2.05) is 31.2 Å². The molecule has 1 amide bonds.